The van der Waals surface area contributed by atoms with Crippen LogP contribution < -0.4 is 4.74 Å². The molecule has 0 atom stereocenters. The Morgan fingerprint density at radius 3 is 2.88 bits per heavy atom. The molecule has 0 aliphatic carbocycles. The molecule has 0 saturated heterocycles. The van der Waals surface area contributed by atoms with Crippen molar-refractivity contribution in [1.29, 1.82) is 0 Å². The van der Waals surface area contributed by atoms with E-state index in [-0.39, 0.29) is 0 Å². The van der Waals surface area contributed by atoms with Crippen LogP contribution >= 0.6 is 27.7 Å². The van der Waals surface area contributed by atoms with Crippen LogP contribution in [0.1, 0.15) is 0 Å². The molecule has 0 aliphatic rings. The van der Waals surface area contributed by atoms with Crippen molar-refractivity contribution in [2.45, 2.75) is 9.92 Å². The molecule has 0 radical (unpaired) electrons. The second-order valence-corrected chi connectivity index (χ2v) is 4.87. The molecule has 1 heterocycles. The van der Waals surface area contributed by atoms with Crippen molar-refractivity contribution in [1.82, 2.24) is 9.97 Å². The van der Waals surface area contributed by atoms with Gasteiger partial charge in [-0.3, -0.25) is 0 Å². The maximum absolute atomic E-state index is 5.16. The van der Waals surface area contributed by atoms with Gasteiger partial charge in [0.1, 0.15) is 21.7 Å². The van der Waals surface area contributed by atoms with Crippen molar-refractivity contribution >= 4 is 27.7 Å². The number of benzene rings is 1. The molecule has 82 valence electrons. The highest BCUT2D eigenvalue weighted by atomic mass is 79.9. The van der Waals surface area contributed by atoms with Gasteiger partial charge in [-0.2, -0.15) is 0 Å². The number of rotatable bonds is 3. The Morgan fingerprint density at radius 2 is 2.12 bits per heavy atom. The molecular formula is C11H9BrN2OS. The van der Waals surface area contributed by atoms with Crippen LogP contribution in [0, 0.1) is 0 Å². The van der Waals surface area contributed by atoms with E-state index in [1.807, 2.05) is 30.3 Å². The van der Waals surface area contributed by atoms with Gasteiger partial charge in [-0.05, 0) is 34.1 Å². The summed E-state index contributed by atoms with van der Waals surface area (Å²) in [4.78, 5) is 9.24. The molecule has 5 heteroatoms. The van der Waals surface area contributed by atoms with Crippen molar-refractivity contribution in [2.24, 2.45) is 0 Å². The van der Waals surface area contributed by atoms with Gasteiger partial charge in [0.25, 0.3) is 0 Å². The lowest BCUT2D eigenvalue weighted by Gasteiger charge is -2.03. The number of hydrogen-bond donors (Lipinski definition) is 0. The maximum Gasteiger partial charge on any atom is 0.119 e. The van der Waals surface area contributed by atoms with Crippen LogP contribution in [0.25, 0.3) is 0 Å². The lowest BCUT2D eigenvalue weighted by molar-refractivity contribution is 0.413. The monoisotopic (exact) mass is 296 g/mol. The van der Waals surface area contributed by atoms with Crippen molar-refractivity contribution in [3.63, 3.8) is 0 Å². The normalized spacial score (nSPS) is 10.1. The number of ether oxygens (including phenoxy) is 1. The third-order valence-electron chi connectivity index (χ3n) is 1.87. The van der Waals surface area contributed by atoms with Crippen LogP contribution in [0.5, 0.6) is 5.75 Å². The van der Waals surface area contributed by atoms with Gasteiger partial charge in [-0.1, -0.05) is 17.8 Å². The fraction of sp³-hybridized carbons (Fsp3) is 0.0909. The zero-order valence-electron chi connectivity index (χ0n) is 8.55. The second kappa shape index (κ2) is 5.32. The van der Waals surface area contributed by atoms with Crippen LogP contribution in [0.15, 0.2) is 51.2 Å². The van der Waals surface area contributed by atoms with E-state index in [1.54, 1.807) is 18.9 Å². The molecule has 0 amide bonds. The summed E-state index contributed by atoms with van der Waals surface area (Å²) in [5, 5.41) is 0.898. The highest BCUT2D eigenvalue weighted by Gasteiger charge is 2.01. The minimum absolute atomic E-state index is 0.785. The van der Waals surface area contributed by atoms with Crippen LogP contribution in [0.3, 0.4) is 0 Å². The topological polar surface area (TPSA) is 35.0 Å². The van der Waals surface area contributed by atoms with Gasteiger partial charge in [0.05, 0.1) is 7.11 Å². The minimum atomic E-state index is 0.785. The first kappa shape index (κ1) is 11.4. The summed E-state index contributed by atoms with van der Waals surface area (Å²) in [7, 11) is 1.66. The largest absolute Gasteiger partial charge is 0.497 e. The average molecular weight is 297 g/mol. The maximum atomic E-state index is 5.16. The van der Waals surface area contributed by atoms with Gasteiger partial charge < -0.3 is 4.74 Å². The van der Waals surface area contributed by atoms with Crippen LogP contribution in [-0.4, -0.2) is 17.1 Å². The number of methoxy groups -OCH3 is 1. The third-order valence-corrected chi connectivity index (χ3v) is 3.23. The molecule has 0 saturated carbocycles. The van der Waals surface area contributed by atoms with Crippen molar-refractivity contribution < 1.29 is 4.74 Å². The molecule has 1 aromatic carbocycles. The lowest BCUT2D eigenvalue weighted by atomic mass is 10.3. The first-order valence-electron chi connectivity index (χ1n) is 4.57. The molecule has 0 fully saturated rings. The number of halogens is 1. The van der Waals surface area contributed by atoms with Crippen molar-refractivity contribution in [3.05, 3.63) is 41.3 Å². The Morgan fingerprint density at radius 1 is 1.25 bits per heavy atom. The average Bonchev–Trinajstić information content (AvgIpc) is 2.29. The highest BCUT2D eigenvalue weighted by molar-refractivity contribution is 9.10. The van der Waals surface area contributed by atoms with Crippen molar-refractivity contribution in [3.8, 4) is 5.75 Å². The first-order valence-corrected chi connectivity index (χ1v) is 6.18. The summed E-state index contributed by atoms with van der Waals surface area (Å²) in [6.45, 7) is 0. The van der Waals surface area contributed by atoms with Gasteiger partial charge in [0, 0.05) is 11.0 Å². The van der Waals surface area contributed by atoms with Gasteiger partial charge in [0.15, 0.2) is 0 Å². The molecule has 0 N–H and O–H groups in total. The van der Waals surface area contributed by atoms with Gasteiger partial charge in [-0.15, -0.1) is 0 Å². The standard InChI is InChI=1S/C11H9BrN2OS/c1-15-8-3-2-4-9(5-8)16-11-6-10(12)13-7-14-11/h2-7H,1H3. The molecule has 1 aromatic heterocycles. The van der Waals surface area contributed by atoms with Crippen LogP contribution in [-0.2, 0) is 0 Å². The minimum Gasteiger partial charge on any atom is -0.497 e. The Labute approximate surface area is 106 Å². The molecule has 0 unspecified atom stereocenters. The summed E-state index contributed by atoms with van der Waals surface area (Å²) in [5.41, 5.74) is 0. The Hall–Kier alpha value is -1.07. The SMILES string of the molecule is COc1cccc(Sc2cc(Br)ncn2)c1. The van der Waals surface area contributed by atoms with E-state index in [9.17, 15) is 0 Å². The third kappa shape index (κ3) is 2.96. The summed E-state index contributed by atoms with van der Waals surface area (Å²) in [5.74, 6) is 0.845. The zero-order valence-corrected chi connectivity index (χ0v) is 11.0. The summed E-state index contributed by atoms with van der Waals surface area (Å²) in [6, 6.07) is 9.74. The van der Waals surface area contributed by atoms with Crippen molar-refractivity contribution in [2.75, 3.05) is 7.11 Å². The van der Waals surface area contributed by atoms with Gasteiger partial charge in [-0.25, -0.2) is 9.97 Å². The Kier molecular flexibility index (Phi) is 3.79. The summed E-state index contributed by atoms with van der Waals surface area (Å²) >= 11 is 4.88. The molecule has 2 aromatic rings. The van der Waals surface area contributed by atoms with E-state index in [4.69, 9.17) is 4.74 Å². The van der Waals surface area contributed by atoms with E-state index in [2.05, 4.69) is 25.9 Å². The highest BCUT2D eigenvalue weighted by Crippen LogP contribution is 2.29. The van der Waals surface area contributed by atoms with Crippen LogP contribution in [0.2, 0.25) is 0 Å². The summed E-state index contributed by atoms with van der Waals surface area (Å²) < 4.78 is 5.95. The fourth-order valence-electron chi connectivity index (χ4n) is 1.16. The Bertz CT molecular complexity index is 493. The van der Waals surface area contributed by atoms with Gasteiger partial charge in [0.2, 0.25) is 0 Å². The van der Waals surface area contributed by atoms with E-state index in [1.165, 1.54) is 6.33 Å². The second-order valence-electron chi connectivity index (χ2n) is 2.96. The molecule has 16 heavy (non-hydrogen) atoms. The van der Waals surface area contributed by atoms with E-state index in [0.717, 1.165) is 20.3 Å². The quantitative estimate of drug-likeness (QED) is 0.813. The molecule has 2 rings (SSSR count). The molecule has 3 nitrogen and oxygen atoms in total. The molecule has 0 aliphatic heterocycles. The van der Waals surface area contributed by atoms with Gasteiger partial charge >= 0.3 is 0 Å². The lowest BCUT2D eigenvalue weighted by Crippen LogP contribution is -1.84. The number of aromatic nitrogens is 2. The molecule has 0 spiro atoms. The van der Waals surface area contributed by atoms with Crippen LogP contribution in [0.4, 0.5) is 0 Å². The predicted molar refractivity (Wildman–Crippen MR) is 66.8 cm³/mol. The summed E-state index contributed by atoms with van der Waals surface area (Å²) in [6.07, 6.45) is 1.53. The van der Waals surface area contributed by atoms with E-state index < -0.39 is 0 Å². The first-order chi connectivity index (χ1) is 7.78. The number of nitrogens with zero attached hydrogens (tertiary/aromatic N) is 2. The predicted octanol–water partition coefficient (Wildman–Crippen LogP) is 3.40. The Balaban J connectivity index is 2.20. The molecule has 0 bridgehead atoms. The zero-order chi connectivity index (χ0) is 11.4. The van der Waals surface area contributed by atoms with E-state index in [0.29, 0.717) is 0 Å². The fourth-order valence-corrected chi connectivity index (χ4v) is 2.45. The molecular weight excluding hydrogens is 288 g/mol. The number of hydrogen-bond acceptors (Lipinski definition) is 4. The smallest absolute Gasteiger partial charge is 0.119 e. The van der Waals surface area contributed by atoms with E-state index >= 15 is 0 Å².